The van der Waals surface area contributed by atoms with Gasteiger partial charge in [0.1, 0.15) is 0 Å². The Morgan fingerprint density at radius 3 is 0.589 bits per heavy atom. The van der Waals surface area contributed by atoms with Crippen molar-refractivity contribution < 1.29 is 0 Å². The van der Waals surface area contributed by atoms with Gasteiger partial charge in [0.25, 0.3) is 0 Å². The van der Waals surface area contributed by atoms with Crippen molar-refractivity contribution in [1.29, 1.82) is 0 Å². The van der Waals surface area contributed by atoms with E-state index in [0.717, 1.165) is 293 Å². The van der Waals surface area contributed by atoms with E-state index in [1.165, 1.54) is 166 Å². The normalized spacial score (nSPS) is 148. The van der Waals surface area contributed by atoms with Crippen molar-refractivity contribution in [2.24, 2.45) is 405 Å². The largest absolute Gasteiger partial charge is 0.0616 e. The molecule has 0 amide bonds. The quantitative estimate of drug-likeness (QED) is 0.229. The molecule has 0 aromatic carbocycles. The SMILES string of the molecule is CC1C2C3C4C5C6C7C8C9C%10C%11C%12C%13CC%14C%15C%16C%17CC%18C%19C%20C%21C%22C%23C%24C%25C%26C%27C%28C%29C(C)C%30(C)C%31(C)C%32(C)C1(C)C21C32C43C54C65C76C87C98C%109C%11%10C%12%11C%14%13C%15%12C%16%13C%17%18C%19%14C%20%15C%21%16C%22%17C%23%18C%24%19C%25%20C%26%21C%27%22C%28%23C%29%30C%31%24C%321C21C%23%24C%222C31C41C%212C%202C51C61C73C84C95C%106C%12%11C%13%14C%156C%165C%174C%183C%1921. The summed E-state index contributed by atoms with van der Waals surface area (Å²) < 4.78 is 0. The van der Waals surface area contributed by atoms with E-state index in [0.29, 0.717) is 0 Å². The molecule has 0 N–H and O–H groups in total. The third-order valence-corrected chi connectivity index (χ3v) is 81.6. The average molecular weight is 1130 g/mol. The molecule has 0 aliphatic heterocycles. The maximum absolute atomic E-state index is 3.37. The smallest absolute Gasteiger partial charge is 0.000370 e. The molecule has 0 saturated heterocycles. The van der Waals surface area contributed by atoms with Gasteiger partial charge >= 0.3 is 0 Å². The molecule has 65 saturated carbocycles. The molecule has 0 nitrogen and oxygen atoms in total. The highest BCUT2D eigenvalue weighted by atomic mass is 15.8. The van der Waals surface area contributed by atoms with E-state index >= 15 is 0 Å². The molecule has 0 heteroatoms. The zero-order chi connectivity index (χ0) is 50.7. The molecule has 0 aromatic rings. The first kappa shape index (κ1) is 30.1. The first-order chi connectivity index (χ1) is 44.2. The van der Waals surface area contributed by atoms with Crippen LogP contribution in [0.25, 0.3) is 0 Å². The van der Waals surface area contributed by atoms with E-state index in [1.54, 1.807) is 0 Å². The Kier molecular flexibility index (Phi) is 1.41. The Hall–Kier alpha value is 0. The summed E-state index contributed by atoms with van der Waals surface area (Å²) in [5, 5.41) is 0. The van der Waals surface area contributed by atoms with Crippen LogP contribution in [0.3, 0.4) is 0 Å². The van der Waals surface area contributed by atoms with E-state index < -0.39 is 0 Å². The molecular weight excluding hydrogens is 1080 g/mol. The van der Waals surface area contributed by atoms with Crippen LogP contribution in [0.2, 0.25) is 0 Å². The minimum Gasteiger partial charge on any atom is -0.0616 e. The third-order valence-electron chi connectivity index (χ3n) is 81.6. The molecule has 82 atom stereocenters. The Bertz CT molecular complexity index is 6240. The second kappa shape index (κ2) is 4.22. The lowest BCUT2D eigenvalue weighted by molar-refractivity contribution is -1.25. The molecule has 65 fully saturated rings. The fraction of sp³-hybridized carbons (Fsp3) is 1.00. The third kappa shape index (κ3) is 0.572. The van der Waals surface area contributed by atoms with E-state index in [9.17, 15) is 0 Å². The van der Waals surface area contributed by atoms with Crippen molar-refractivity contribution in [3.8, 4) is 0 Å². The van der Waals surface area contributed by atoms with Crippen LogP contribution >= 0.6 is 0 Å². The maximum atomic E-state index is 3.37. The first-order valence-electron chi connectivity index (χ1n) is 44.2. The molecule has 0 bridgehead atoms. The van der Waals surface area contributed by atoms with Crippen LogP contribution in [0.4, 0.5) is 0 Å². The highest BCUT2D eigenvalue weighted by Crippen LogP contribution is 3.85. The molecule has 412 valence electrons. The Labute approximate surface area is 510 Å². The van der Waals surface area contributed by atoms with Gasteiger partial charge in [-0.25, -0.2) is 0 Å². The highest BCUT2D eigenvalue weighted by molar-refractivity contribution is 6.63. The van der Waals surface area contributed by atoms with Gasteiger partial charge in [0.05, 0.1) is 0 Å². The van der Waals surface area contributed by atoms with Crippen molar-refractivity contribution in [1.82, 2.24) is 0 Å². The zero-order valence-corrected chi connectivity index (χ0v) is 50.7. The van der Waals surface area contributed by atoms with E-state index in [4.69, 9.17) is 0 Å². The van der Waals surface area contributed by atoms with Crippen molar-refractivity contribution in [3.05, 3.63) is 54.1 Å². The van der Waals surface area contributed by atoms with Crippen LogP contribution in [0.15, 0.2) is 0 Å². The summed E-state index contributed by atoms with van der Waals surface area (Å²) in [6.07, 6.45) is 3.78. The van der Waals surface area contributed by atoms with Crippen LogP contribution in [-0.4, -0.2) is 0 Å². The summed E-state index contributed by atoms with van der Waals surface area (Å²) in [4.78, 5) is 0. The second-order valence-electron chi connectivity index (χ2n) is 59.4. The summed E-state index contributed by atoms with van der Waals surface area (Å²) in [7, 11) is 0. The second-order valence-corrected chi connectivity index (χ2v) is 59.4. The predicted octanol–water partition coefficient (Wildman–Crippen LogP) is 8.36. The van der Waals surface area contributed by atoms with Crippen LogP contribution in [0.5, 0.6) is 0 Å². The predicted molar refractivity (Wildman–Crippen MR) is 283 cm³/mol. The van der Waals surface area contributed by atoms with Gasteiger partial charge in [0.2, 0.25) is 0 Å². The molecule has 48 spiro atoms. The van der Waals surface area contributed by atoms with Crippen LogP contribution < -0.4 is 0 Å². The fourth-order valence-electron chi connectivity index (χ4n) is 106. The van der Waals surface area contributed by atoms with Crippen LogP contribution in [-0.2, 0) is 0 Å². The number of rotatable bonds is 0. The monoisotopic (exact) mass is 1130 g/mol. The Morgan fingerprint density at radius 1 is 0.167 bits per heavy atom. The molecule has 0 radical (unpaired) electrons. The number of hydrogen-bond donors (Lipinski definition) is 0. The van der Waals surface area contributed by atoms with Gasteiger partial charge in [-0.3, -0.25) is 0 Å². The summed E-state index contributed by atoms with van der Waals surface area (Å²) in [5.41, 5.74) is 55.2. The molecule has 65 aliphatic rings. The standard InChI is InChI=1S/C90H52/c1-9-15-21-25-29-33-37-35-31-27-23-19-13-7-11-17-18-12-8-14-20-24-28-32-36-38-34-30-26-22-16-10(2)40(4)42(6)41(5)39(9,3)45(15)51(21)55(25)59(29)63(33)67(37)65(35)61(31)57(27)53(23)49(19)43(11,13)47(17)48(18)44(12,14)50(20)54(24)58(28)62(32)66(36)68(38)64(34)60(30)56(26)52(22)46(16,40)70(42)69(41,45)73(51)74(52,70)78(56)77(55,73)81(59)82(60,78)86(64)85(63,81)89(67)87(65)83(61)79(57)75(53)71(47,49)72(48,50)76(54,75)80(58,79)84(62,83)88(66,87)90(68,86)89/h9-38H,7-8H2,1-6H3. The summed E-state index contributed by atoms with van der Waals surface area (Å²) >= 11 is 0. The molecule has 0 heterocycles. The van der Waals surface area contributed by atoms with Gasteiger partial charge < -0.3 is 0 Å². The fourth-order valence-corrected chi connectivity index (χ4v) is 106. The van der Waals surface area contributed by atoms with Crippen molar-refractivity contribution in [2.75, 3.05) is 0 Å². The molecular formula is C90H52. The van der Waals surface area contributed by atoms with Crippen molar-refractivity contribution >= 4 is 0 Å². The molecule has 82 unspecified atom stereocenters. The number of hydrogen-bond acceptors (Lipinski definition) is 0. The zero-order valence-electron chi connectivity index (χ0n) is 50.7. The minimum absolute atomic E-state index is 0.723. The summed E-state index contributed by atoms with van der Waals surface area (Å²) in [5.74, 6) is 41.6. The van der Waals surface area contributed by atoms with Gasteiger partial charge in [-0.1, -0.05) is 41.5 Å². The van der Waals surface area contributed by atoms with Crippen molar-refractivity contribution in [2.45, 2.75) is 54.4 Å². The van der Waals surface area contributed by atoms with E-state index in [1.807, 2.05) is 12.8 Å². The van der Waals surface area contributed by atoms with Gasteiger partial charge in [0.15, 0.2) is 0 Å². The molecule has 65 aliphatic carbocycles. The molecule has 90 heavy (non-hydrogen) atoms. The molecule has 65 rings (SSSR count). The lowest BCUT2D eigenvalue weighted by Crippen LogP contribution is -3.74. The average Bonchev–Trinajstić information content (AvgIpc) is 0.408. The Balaban J connectivity index is 0.608. The molecule has 0 aromatic heterocycles. The highest BCUT2D eigenvalue weighted by Gasteiger charge is 3.82. The van der Waals surface area contributed by atoms with Gasteiger partial charge in [0, 0.05) is 0 Å². The van der Waals surface area contributed by atoms with E-state index in [-0.39, 0.29) is 0 Å². The van der Waals surface area contributed by atoms with Gasteiger partial charge in [-0.2, -0.15) is 0 Å². The lowest BCUT2D eigenvalue weighted by Gasteiger charge is -3.76. The lowest BCUT2D eigenvalue weighted by atomic mass is 8.25. The Morgan fingerprint density at radius 2 is 0.333 bits per heavy atom. The van der Waals surface area contributed by atoms with Gasteiger partial charge in [-0.15, -0.1) is 0 Å². The maximum Gasteiger partial charge on any atom is -0.000370 e. The van der Waals surface area contributed by atoms with Gasteiger partial charge in [-0.05, 0) is 472 Å². The van der Waals surface area contributed by atoms with Crippen LogP contribution in [0, 0.1) is 459 Å². The van der Waals surface area contributed by atoms with Crippen LogP contribution in [0.1, 0.15) is 54.4 Å². The summed E-state index contributed by atoms with van der Waals surface area (Å²) in [6.45, 7) is 19.5. The first-order valence-corrected chi connectivity index (χ1v) is 44.2. The number of fused-ring (bicyclic) bond motifs is 28. The van der Waals surface area contributed by atoms with Crippen molar-refractivity contribution in [3.63, 3.8) is 0 Å². The topological polar surface area (TPSA) is 0 Å². The minimum atomic E-state index is 0.723. The van der Waals surface area contributed by atoms with E-state index in [2.05, 4.69) is 41.5 Å². The summed E-state index contributed by atoms with van der Waals surface area (Å²) in [6, 6.07) is 0.